The first-order valence-electron chi connectivity index (χ1n) is 7.64. The lowest BCUT2D eigenvalue weighted by atomic mass is 10.1. The normalized spacial score (nSPS) is 13.7. The molecule has 0 aliphatic carbocycles. The summed E-state index contributed by atoms with van der Waals surface area (Å²) in [5.41, 5.74) is 0.0853. The smallest absolute Gasteiger partial charge is 0.241 e. The summed E-state index contributed by atoms with van der Waals surface area (Å²) in [6.45, 7) is 7.50. The molecule has 0 atom stereocenters. The van der Waals surface area contributed by atoms with Crippen LogP contribution >= 0.6 is 11.8 Å². The van der Waals surface area contributed by atoms with E-state index in [2.05, 4.69) is 11.7 Å². The summed E-state index contributed by atoms with van der Waals surface area (Å²) in [5, 5.41) is 4.32. The molecule has 0 radical (unpaired) electrons. The van der Waals surface area contributed by atoms with Gasteiger partial charge in [0.2, 0.25) is 0 Å². The summed E-state index contributed by atoms with van der Waals surface area (Å²) >= 11 is 0.494. The Kier molecular flexibility index (Phi) is 7.01. The lowest BCUT2D eigenvalue weighted by molar-refractivity contribution is -0.182. The standard InChI is InChI=1S/C17H19F7N2S/c1-6-26(25-12(4)17(22,23)24)13-8-14(11(3)7-10(13)2)27-9-16(20,21)15(5,18)19/h6-8H,1,9H2,2-5H3/b25-12+. The number of hydrogen-bond acceptors (Lipinski definition) is 3. The number of nitrogens with zero attached hydrogens (tertiary/aromatic N) is 2. The van der Waals surface area contributed by atoms with Crippen LogP contribution in [0.4, 0.5) is 36.4 Å². The number of hydrazone groups is 1. The average Bonchev–Trinajstić information content (AvgIpc) is 2.50. The van der Waals surface area contributed by atoms with Gasteiger partial charge in [-0.25, -0.2) is 13.8 Å². The molecule has 0 aliphatic heterocycles. The molecule has 0 spiro atoms. The minimum atomic E-state index is -4.65. The highest BCUT2D eigenvalue weighted by Crippen LogP contribution is 2.40. The molecule has 1 rings (SSSR count). The van der Waals surface area contributed by atoms with Crippen LogP contribution in [0.25, 0.3) is 0 Å². The van der Waals surface area contributed by atoms with E-state index in [-0.39, 0.29) is 17.5 Å². The Balaban J connectivity index is 3.24. The molecule has 10 heteroatoms. The van der Waals surface area contributed by atoms with Crippen LogP contribution in [0.3, 0.4) is 0 Å². The maximum Gasteiger partial charge on any atom is 0.430 e. The van der Waals surface area contributed by atoms with Crippen molar-refractivity contribution in [1.82, 2.24) is 0 Å². The maximum absolute atomic E-state index is 13.5. The highest BCUT2D eigenvalue weighted by atomic mass is 32.2. The number of halogens is 7. The van der Waals surface area contributed by atoms with Crippen LogP contribution in [0.5, 0.6) is 0 Å². The highest BCUT2D eigenvalue weighted by molar-refractivity contribution is 7.99. The zero-order valence-corrected chi connectivity index (χ0v) is 15.9. The summed E-state index contributed by atoms with van der Waals surface area (Å²) < 4.78 is 91.1. The Morgan fingerprint density at radius 2 is 1.67 bits per heavy atom. The Hall–Kier alpha value is -1.71. The second kappa shape index (κ2) is 8.12. The van der Waals surface area contributed by atoms with Gasteiger partial charge in [-0.3, -0.25) is 0 Å². The van der Waals surface area contributed by atoms with Crippen molar-refractivity contribution in [2.24, 2.45) is 5.10 Å². The van der Waals surface area contributed by atoms with E-state index in [1.54, 1.807) is 19.9 Å². The Morgan fingerprint density at radius 3 is 2.11 bits per heavy atom. The second-order valence-corrected chi connectivity index (χ2v) is 7.01. The van der Waals surface area contributed by atoms with Crippen LogP contribution in [-0.2, 0) is 0 Å². The molecule has 0 unspecified atom stereocenters. The van der Waals surface area contributed by atoms with Gasteiger partial charge in [-0.15, -0.1) is 11.8 Å². The number of benzene rings is 1. The first-order chi connectivity index (χ1) is 12.1. The molecule has 0 saturated heterocycles. The van der Waals surface area contributed by atoms with Crippen LogP contribution in [0.1, 0.15) is 25.0 Å². The van der Waals surface area contributed by atoms with Crippen LogP contribution in [-0.4, -0.2) is 29.5 Å². The van der Waals surface area contributed by atoms with Gasteiger partial charge in [0, 0.05) is 18.0 Å². The fraction of sp³-hybridized carbons (Fsp3) is 0.471. The predicted molar refractivity (Wildman–Crippen MR) is 94.0 cm³/mol. The predicted octanol–water partition coefficient (Wildman–Crippen LogP) is 6.57. The topological polar surface area (TPSA) is 15.6 Å². The number of thioether (sulfide) groups is 1. The maximum atomic E-state index is 13.5. The van der Waals surface area contributed by atoms with Crippen LogP contribution < -0.4 is 5.01 Å². The fourth-order valence-corrected chi connectivity index (χ4v) is 3.00. The molecular formula is C17H19F7N2S. The van der Waals surface area contributed by atoms with Gasteiger partial charge in [0.15, 0.2) is 0 Å². The summed E-state index contributed by atoms with van der Waals surface area (Å²) in [7, 11) is 0. The molecule has 0 N–H and O–H groups in total. The minimum absolute atomic E-state index is 0.134. The molecular weight excluding hydrogens is 397 g/mol. The van der Waals surface area contributed by atoms with Crippen molar-refractivity contribution >= 4 is 23.2 Å². The Morgan fingerprint density at radius 1 is 1.11 bits per heavy atom. The quantitative estimate of drug-likeness (QED) is 0.216. The van der Waals surface area contributed by atoms with E-state index in [1.807, 2.05) is 0 Å². The van der Waals surface area contributed by atoms with E-state index in [1.165, 1.54) is 6.07 Å². The Labute approximate surface area is 157 Å². The summed E-state index contributed by atoms with van der Waals surface area (Å²) in [5.74, 6) is -9.61. The third kappa shape index (κ3) is 5.88. The van der Waals surface area contributed by atoms with Crippen LogP contribution in [0.2, 0.25) is 0 Å². The fourth-order valence-electron chi connectivity index (χ4n) is 1.93. The van der Waals surface area contributed by atoms with Crippen molar-refractivity contribution in [3.63, 3.8) is 0 Å². The van der Waals surface area contributed by atoms with Gasteiger partial charge in [0.25, 0.3) is 0 Å². The molecule has 0 bridgehead atoms. The van der Waals surface area contributed by atoms with Crippen molar-refractivity contribution in [1.29, 1.82) is 0 Å². The zero-order chi connectivity index (χ0) is 21.2. The molecule has 0 fully saturated rings. The van der Waals surface area contributed by atoms with Crippen molar-refractivity contribution in [3.05, 3.63) is 36.0 Å². The number of aryl methyl sites for hydroxylation is 2. The first-order valence-corrected chi connectivity index (χ1v) is 8.62. The van der Waals surface area contributed by atoms with Gasteiger partial charge < -0.3 is 0 Å². The SMILES string of the molecule is C=CN(/N=C(\C)C(F)(F)F)c1cc(SCC(F)(F)C(C)(F)F)c(C)cc1C. The van der Waals surface area contributed by atoms with E-state index < -0.39 is 29.5 Å². The largest absolute Gasteiger partial charge is 0.430 e. The molecule has 27 heavy (non-hydrogen) atoms. The molecule has 2 nitrogen and oxygen atoms in total. The number of rotatable bonds is 7. The van der Waals surface area contributed by atoms with Gasteiger partial charge in [-0.05, 0) is 38.0 Å². The van der Waals surface area contributed by atoms with E-state index in [9.17, 15) is 30.7 Å². The lowest BCUT2D eigenvalue weighted by Gasteiger charge is -2.24. The highest BCUT2D eigenvalue weighted by Gasteiger charge is 2.51. The summed E-state index contributed by atoms with van der Waals surface area (Å²) in [4.78, 5) is 0.228. The van der Waals surface area contributed by atoms with Gasteiger partial charge >= 0.3 is 18.0 Å². The van der Waals surface area contributed by atoms with Crippen LogP contribution in [0, 0.1) is 13.8 Å². The van der Waals surface area contributed by atoms with Crippen molar-refractivity contribution < 1.29 is 30.7 Å². The molecule has 0 amide bonds. The second-order valence-electron chi connectivity index (χ2n) is 6.00. The molecule has 0 aliphatic rings. The third-order valence-corrected chi connectivity index (χ3v) is 4.89. The molecule has 1 aromatic rings. The van der Waals surface area contributed by atoms with Gasteiger partial charge in [0.05, 0.1) is 11.4 Å². The molecule has 0 heterocycles. The van der Waals surface area contributed by atoms with Gasteiger partial charge in [0.1, 0.15) is 5.71 Å². The van der Waals surface area contributed by atoms with Crippen molar-refractivity contribution in [2.45, 2.75) is 50.6 Å². The number of anilines is 1. The minimum Gasteiger partial charge on any atom is -0.241 e. The monoisotopic (exact) mass is 416 g/mol. The molecule has 0 aromatic heterocycles. The third-order valence-electron chi connectivity index (χ3n) is 3.63. The summed E-state index contributed by atoms with van der Waals surface area (Å²) in [6, 6.07) is 2.88. The van der Waals surface area contributed by atoms with Crippen LogP contribution in [0.15, 0.2) is 34.9 Å². The number of hydrogen-bond donors (Lipinski definition) is 0. The molecule has 152 valence electrons. The Bertz CT molecular complexity index is 721. The summed E-state index contributed by atoms with van der Waals surface area (Å²) in [6.07, 6.45) is -3.61. The van der Waals surface area contributed by atoms with E-state index in [4.69, 9.17) is 0 Å². The lowest BCUT2D eigenvalue weighted by Crippen LogP contribution is -2.39. The van der Waals surface area contributed by atoms with E-state index >= 15 is 0 Å². The van der Waals surface area contributed by atoms with Gasteiger partial charge in [-0.1, -0.05) is 12.6 Å². The van der Waals surface area contributed by atoms with Gasteiger partial charge in [-0.2, -0.15) is 27.1 Å². The van der Waals surface area contributed by atoms with Crippen molar-refractivity contribution in [3.8, 4) is 0 Å². The first kappa shape index (κ1) is 23.3. The van der Waals surface area contributed by atoms with E-state index in [0.717, 1.165) is 18.1 Å². The number of alkyl halides is 7. The van der Waals surface area contributed by atoms with Crippen molar-refractivity contribution in [2.75, 3.05) is 10.8 Å². The zero-order valence-electron chi connectivity index (χ0n) is 15.1. The molecule has 0 saturated carbocycles. The van der Waals surface area contributed by atoms with E-state index in [0.29, 0.717) is 22.9 Å². The molecule has 1 aromatic carbocycles. The average molecular weight is 416 g/mol.